The number of nitrogens with zero attached hydrogens (tertiary/aromatic N) is 3. The molecule has 0 N–H and O–H groups in total. The maximum atomic E-state index is 12.5. The topological polar surface area (TPSA) is 90.7 Å². The van der Waals surface area contributed by atoms with E-state index in [9.17, 15) is 14.4 Å². The van der Waals surface area contributed by atoms with E-state index in [1.807, 2.05) is 4.57 Å². The number of hydrogen-bond acceptors (Lipinski definition) is 8. The van der Waals surface area contributed by atoms with Gasteiger partial charge in [-0.1, -0.05) is 27.7 Å². The highest BCUT2D eigenvalue weighted by Crippen LogP contribution is 2.45. The summed E-state index contributed by atoms with van der Waals surface area (Å²) >= 11 is 6.21. The summed E-state index contributed by atoms with van der Waals surface area (Å²) in [6, 6.07) is 0. The molecule has 1 aromatic heterocycles. The van der Waals surface area contributed by atoms with Gasteiger partial charge >= 0.3 is 11.9 Å². The number of imidazole rings is 1. The number of alkyl halides is 1. The Balaban J connectivity index is 1.51. The van der Waals surface area contributed by atoms with E-state index in [4.69, 9.17) is 9.47 Å². The molecule has 4 heterocycles. The van der Waals surface area contributed by atoms with Crippen molar-refractivity contribution in [3.8, 4) is 0 Å². The summed E-state index contributed by atoms with van der Waals surface area (Å²) in [5, 5.41) is 2.23. The molecule has 11 heteroatoms. The van der Waals surface area contributed by atoms with Gasteiger partial charge in [0, 0.05) is 30.8 Å². The van der Waals surface area contributed by atoms with Crippen molar-refractivity contribution in [2.45, 2.75) is 35.1 Å². The lowest BCUT2D eigenvalue weighted by Gasteiger charge is -2.39. The van der Waals surface area contributed by atoms with E-state index in [-0.39, 0.29) is 21.8 Å². The zero-order valence-electron chi connectivity index (χ0n) is 12.9. The lowest BCUT2D eigenvalue weighted by atomic mass is 10.2. The monoisotopic (exact) mass is 445 g/mol. The third kappa shape index (κ3) is 2.87. The molecule has 0 aliphatic carbocycles. The first-order valence-corrected chi connectivity index (χ1v) is 10.2. The number of β-lactam (4-membered cyclic amide) rings is 1. The molecule has 3 aliphatic heterocycles. The van der Waals surface area contributed by atoms with E-state index in [2.05, 4.69) is 20.9 Å². The Morgan fingerprint density at radius 1 is 1.44 bits per heavy atom. The summed E-state index contributed by atoms with van der Waals surface area (Å²) in [4.78, 5) is 41.2. The second-order valence-electron chi connectivity index (χ2n) is 5.48. The second kappa shape index (κ2) is 6.36. The Labute approximate surface area is 159 Å². The maximum Gasteiger partial charge on any atom is 0.359 e. The smallest absolute Gasteiger partial charge is 0.359 e. The van der Waals surface area contributed by atoms with Gasteiger partial charge in [-0.2, -0.15) is 0 Å². The summed E-state index contributed by atoms with van der Waals surface area (Å²) in [6.45, 7) is 2.03. The van der Waals surface area contributed by atoms with Crippen LogP contribution < -0.4 is 0 Å². The van der Waals surface area contributed by atoms with Crippen molar-refractivity contribution in [1.82, 2.24) is 14.5 Å². The fourth-order valence-corrected chi connectivity index (χ4v) is 5.50. The van der Waals surface area contributed by atoms with Gasteiger partial charge in [0.05, 0.1) is 0 Å². The van der Waals surface area contributed by atoms with Crippen LogP contribution in [-0.2, 0) is 30.4 Å². The molecule has 0 spiro atoms. The fourth-order valence-electron chi connectivity index (χ4n) is 2.65. The van der Waals surface area contributed by atoms with E-state index in [1.54, 1.807) is 23.4 Å². The van der Waals surface area contributed by atoms with E-state index < -0.39 is 18.2 Å². The van der Waals surface area contributed by atoms with Gasteiger partial charge in [-0.3, -0.25) is 14.5 Å². The minimum absolute atomic E-state index is 0.143. The molecule has 0 bridgehead atoms. The standard InChI is InChI=1S/C14H12BrN3O5S2/c1-6(19)22-13(7-4-17-2-3-24-14(17)16-7)23-12(21)8-5-25-11-9(15)10(20)18(8)11/h4-5,9,11,13H,2-3H2,1H3/t9?,11-,13?/m0/s1. The molecule has 25 heavy (non-hydrogen) atoms. The number of esters is 2. The van der Waals surface area contributed by atoms with Gasteiger partial charge < -0.3 is 14.0 Å². The number of aromatic nitrogens is 2. The van der Waals surface area contributed by atoms with Crippen LogP contribution >= 0.6 is 39.5 Å². The predicted octanol–water partition coefficient (Wildman–Crippen LogP) is 1.61. The molecular formula is C14H12BrN3O5S2. The Bertz CT molecular complexity index is 789. The summed E-state index contributed by atoms with van der Waals surface area (Å²) in [7, 11) is 0. The van der Waals surface area contributed by atoms with Crippen LogP contribution in [0.5, 0.6) is 0 Å². The van der Waals surface area contributed by atoms with Crippen molar-refractivity contribution in [2.75, 3.05) is 5.75 Å². The van der Waals surface area contributed by atoms with Crippen LogP contribution in [0.4, 0.5) is 0 Å². The molecule has 2 unspecified atom stereocenters. The molecule has 8 nitrogen and oxygen atoms in total. The van der Waals surface area contributed by atoms with Crippen molar-refractivity contribution in [3.05, 3.63) is 23.0 Å². The molecule has 132 valence electrons. The van der Waals surface area contributed by atoms with E-state index >= 15 is 0 Å². The van der Waals surface area contributed by atoms with Crippen molar-refractivity contribution in [1.29, 1.82) is 0 Å². The highest BCUT2D eigenvalue weighted by Gasteiger charge is 2.53. The zero-order chi connectivity index (χ0) is 17.7. The minimum Gasteiger partial charge on any atom is -0.419 e. The highest BCUT2D eigenvalue weighted by molar-refractivity contribution is 9.10. The largest absolute Gasteiger partial charge is 0.419 e. The van der Waals surface area contributed by atoms with Gasteiger partial charge in [0.25, 0.3) is 6.29 Å². The van der Waals surface area contributed by atoms with Gasteiger partial charge in [0.1, 0.15) is 21.6 Å². The average Bonchev–Trinajstić information content (AvgIpc) is 3.25. The molecule has 1 saturated heterocycles. The van der Waals surface area contributed by atoms with E-state index in [0.717, 1.165) is 17.5 Å². The second-order valence-corrected chi connectivity index (χ2v) is 8.52. The Hall–Kier alpha value is -1.46. The number of ether oxygens (including phenoxy) is 2. The van der Waals surface area contributed by atoms with Crippen LogP contribution in [0.3, 0.4) is 0 Å². The first-order chi connectivity index (χ1) is 12.0. The molecular weight excluding hydrogens is 434 g/mol. The number of rotatable bonds is 4. The van der Waals surface area contributed by atoms with E-state index in [0.29, 0.717) is 5.69 Å². The minimum atomic E-state index is -1.25. The summed E-state index contributed by atoms with van der Waals surface area (Å²) < 4.78 is 12.4. The molecule has 0 aromatic carbocycles. The quantitative estimate of drug-likeness (QED) is 0.298. The Morgan fingerprint density at radius 3 is 2.96 bits per heavy atom. The number of carbonyl (C=O) groups excluding carboxylic acids is 3. The Kier molecular flexibility index (Phi) is 4.32. The number of thioether (sulfide) groups is 2. The van der Waals surface area contributed by atoms with Gasteiger partial charge in [-0.25, -0.2) is 9.78 Å². The number of halogens is 1. The van der Waals surface area contributed by atoms with Gasteiger partial charge in [-0.15, -0.1) is 11.8 Å². The number of fused-ring (bicyclic) bond motifs is 2. The van der Waals surface area contributed by atoms with Crippen molar-refractivity contribution in [3.63, 3.8) is 0 Å². The number of hydrogen-bond donors (Lipinski definition) is 0. The molecule has 1 aromatic rings. The first kappa shape index (κ1) is 17.0. The summed E-state index contributed by atoms with van der Waals surface area (Å²) in [6.07, 6.45) is 0.463. The number of amides is 1. The molecule has 0 saturated carbocycles. The normalized spacial score (nSPS) is 25.0. The molecule has 1 fully saturated rings. The predicted molar refractivity (Wildman–Crippen MR) is 92.6 cm³/mol. The molecule has 0 radical (unpaired) electrons. The van der Waals surface area contributed by atoms with Crippen LogP contribution in [0.15, 0.2) is 22.5 Å². The first-order valence-electron chi connectivity index (χ1n) is 7.36. The van der Waals surface area contributed by atoms with Crippen molar-refractivity contribution < 1.29 is 23.9 Å². The molecule has 4 rings (SSSR count). The van der Waals surface area contributed by atoms with Crippen LogP contribution in [-0.4, -0.2) is 48.3 Å². The van der Waals surface area contributed by atoms with Crippen LogP contribution in [0.25, 0.3) is 0 Å². The molecule has 3 atom stereocenters. The Morgan fingerprint density at radius 2 is 2.24 bits per heavy atom. The summed E-state index contributed by atoms with van der Waals surface area (Å²) in [5.41, 5.74) is 0.496. The van der Waals surface area contributed by atoms with Gasteiger partial charge in [0.15, 0.2) is 5.16 Å². The molecule has 1 amide bonds. The zero-order valence-corrected chi connectivity index (χ0v) is 16.1. The lowest BCUT2D eigenvalue weighted by molar-refractivity contribution is -0.188. The maximum absolute atomic E-state index is 12.5. The van der Waals surface area contributed by atoms with Crippen LogP contribution in [0.1, 0.15) is 18.9 Å². The van der Waals surface area contributed by atoms with E-state index in [1.165, 1.54) is 23.6 Å². The average molecular weight is 446 g/mol. The fraction of sp³-hybridized carbons (Fsp3) is 0.429. The molecule has 3 aliphatic rings. The van der Waals surface area contributed by atoms with Crippen molar-refractivity contribution >= 4 is 57.3 Å². The van der Waals surface area contributed by atoms with Gasteiger partial charge in [0.2, 0.25) is 5.91 Å². The SMILES string of the molecule is CC(=O)OC(OC(=O)C1=CS[C@H]2C(Br)C(=O)N12)c1cn2c(n1)SCC2. The highest BCUT2D eigenvalue weighted by atomic mass is 79.9. The third-order valence-corrected chi connectivity index (χ3v) is 7.15. The number of aryl methyl sites for hydroxylation is 1. The van der Waals surface area contributed by atoms with Crippen LogP contribution in [0.2, 0.25) is 0 Å². The van der Waals surface area contributed by atoms with Gasteiger partial charge in [-0.05, 0) is 0 Å². The number of carbonyl (C=O) groups is 3. The van der Waals surface area contributed by atoms with Crippen LogP contribution in [0, 0.1) is 0 Å². The lowest BCUT2D eigenvalue weighted by Crippen LogP contribution is -2.58. The third-order valence-electron chi connectivity index (χ3n) is 3.82. The van der Waals surface area contributed by atoms with Crippen molar-refractivity contribution in [2.24, 2.45) is 0 Å². The summed E-state index contributed by atoms with van der Waals surface area (Å²) in [5.74, 6) is -0.585.